The van der Waals surface area contributed by atoms with Crippen molar-refractivity contribution < 1.29 is 18.7 Å². The summed E-state index contributed by atoms with van der Waals surface area (Å²) in [6.07, 6.45) is 0. The predicted molar refractivity (Wildman–Crippen MR) is 122 cm³/mol. The molecule has 1 atom stereocenters. The van der Waals surface area contributed by atoms with Crippen LogP contribution in [0.2, 0.25) is 0 Å². The minimum absolute atomic E-state index is 0.150. The summed E-state index contributed by atoms with van der Waals surface area (Å²) in [5.74, 6) is 0.638. The van der Waals surface area contributed by atoms with Crippen LogP contribution >= 0.6 is 7.60 Å². The van der Waals surface area contributed by atoms with E-state index in [1.807, 2.05) is 53.7 Å². The van der Waals surface area contributed by atoms with E-state index in [9.17, 15) is 9.67 Å². The number of anilines is 2. The van der Waals surface area contributed by atoms with Crippen LogP contribution in [0.4, 0.5) is 11.6 Å². The molecule has 1 aromatic heterocycles. The Labute approximate surface area is 179 Å². The molecule has 0 saturated heterocycles. The van der Waals surface area contributed by atoms with Crippen LogP contribution in [0.5, 0.6) is 5.75 Å². The SMILES string of the molecule is COP(=O)(OC)C(c1cc(C(C)(C)C)c(O)c(C(C)(C)C)c1)c1ccc(N)nc1N. The molecule has 1 unspecified atom stereocenters. The monoisotopic (exact) mass is 435 g/mol. The smallest absolute Gasteiger partial charge is 0.342 e. The third-order valence-electron chi connectivity index (χ3n) is 5.16. The Hall–Kier alpha value is -2.08. The van der Waals surface area contributed by atoms with Gasteiger partial charge < -0.3 is 25.6 Å². The van der Waals surface area contributed by atoms with E-state index in [0.29, 0.717) is 11.1 Å². The zero-order chi connectivity index (χ0) is 23.1. The molecule has 0 aliphatic heterocycles. The fourth-order valence-corrected chi connectivity index (χ4v) is 5.15. The first kappa shape index (κ1) is 24.2. The number of hydrogen-bond acceptors (Lipinski definition) is 7. The summed E-state index contributed by atoms with van der Waals surface area (Å²) in [4.78, 5) is 4.14. The van der Waals surface area contributed by atoms with Crippen molar-refractivity contribution >= 4 is 19.2 Å². The minimum atomic E-state index is -3.68. The van der Waals surface area contributed by atoms with Crippen molar-refractivity contribution in [3.63, 3.8) is 0 Å². The number of phenols is 1. The molecule has 0 amide bonds. The highest BCUT2D eigenvalue weighted by Gasteiger charge is 2.40. The van der Waals surface area contributed by atoms with E-state index in [2.05, 4.69) is 4.98 Å². The van der Waals surface area contributed by atoms with Gasteiger partial charge in [0.15, 0.2) is 0 Å². The number of nitrogens with two attached hydrogens (primary N) is 2. The topological polar surface area (TPSA) is 121 Å². The van der Waals surface area contributed by atoms with Gasteiger partial charge in [-0.1, -0.05) is 59.7 Å². The Bertz CT molecular complexity index is 934. The molecule has 2 aromatic rings. The van der Waals surface area contributed by atoms with Crippen molar-refractivity contribution in [1.82, 2.24) is 4.98 Å². The van der Waals surface area contributed by atoms with E-state index in [0.717, 1.165) is 11.1 Å². The van der Waals surface area contributed by atoms with Gasteiger partial charge in [-0.2, -0.15) is 0 Å². The second kappa shape index (κ2) is 8.22. The molecule has 0 aliphatic carbocycles. The average Bonchev–Trinajstić information content (AvgIpc) is 2.62. The Morgan fingerprint density at radius 1 is 0.967 bits per heavy atom. The van der Waals surface area contributed by atoms with E-state index in [1.54, 1.807) is 12.1 Å². The largest absolute Gasteiger partial charge is 0.507 e. The van der Waals surface area contributed by atoms with Crippen molar-refractivity contribution in [1.29, 1.82) is 0 Å². The number of pyridine rings is 1. The van der Waals surface area contributed by atoms with Gasteiger partial charge in [0.05, 0.1) is 0 Å². The molecular weight excluding hydrogens is 401 g/mol. The first-order valence-electron chi connectivity index (χ1n) is 9.76. The number of nitrogen functional groups attached to an aromatic ring is 2. The van der Waals surface area contributed by atoms with E-state index in [4.69, 9.17) is 20.5 Å². The number of rotatable bonds is 5. The molecule has 0 fully saturated rings. The lowest BCUT2D eigenvalue weighted by atomic mass is 9.78. The van der Waals surface area contributed by atoms with Crippen molar-refractivity contribution in [2.45, 2.75) is 58.0 Å². The first-order valence-corrected chi connectivity index (χ1v) is 11.4. The summed E-state index contributed by atoms with van der Waals surface area (Å²) >= 11 is 0. The molecule has 7 nitrogen and oxygen atoms in total. The summed E-state index contributed by atoms with van der Waals surface area (Å²) in [7, 11) is -0.997. The van der Waals surface area contributed by atoms with Gasteiger partial charge in [-0.3, -0.25) is 4.57 Å². The molecule has 0 spiro atoms. The van der Waals surface area contributed by atoms with Crippen LogP contribution in [0.3, 0.4) is 0 Å². The maximum atomic E-state index is 13.7. The fraction of sp³-hybridized carbons (Fsp3) is 0.500. The Kier molecular flexibility index (Phi) is 6.62. The predicted octanol–water partition coefficient (Wildman–Crippen LogP) is 5.12. The zero-order valence-electron chi connectivity index (χ0n) is 19.1. The van der Waals surface area contributed by atoms with Gasteiger partial charge in [0.1, 0.15) is 23.0 Å². The molecule has 5 N–H and O–H groups in total. The van der Waals surface area contributed by atoms with Crippen LogP contribution in [0.25, 0.3) is 0 Å². The van der Waals surface area contributed by atoms with E-state index in [1.165, 1.54) is 14.2 Å². The number of hydrogen-bond donors (Lipinski definition) is 3. The lowest BCUT2D eigenvalue weighted by Crippen LogP contribution is -2.19. The maximum Gasteiger partial charge on any atom is 0.342 e. The summed E-state index contributed by atoms with van der Waals surface area (Å²) in [5, 5.41) is 11.1. The Morgan fingerprint density at radius 2 is 1.43 bits per heavy atom. The minimum Gasteiger partial charge on any atom is -0.507 e. The van der Waals surface area contributed by atoms with Crippen molar-refractivity contribution in [3.8, 4) is 5.75 Å². The molecule has 166 valence electrons. The van der Waals surface area contributed by atoms with Gasteiger partial charge >= 0.3 is 7.60 Å². The molecule has 8 heteroatoms. The van der Waals surface area contributed by atoms with Gasteiger partial charge in [0.2, 0.25) is 0 Å². The molecule has 0 bridgehead atoms. The molecule has 1 heterocycles. The van der Waals surface area contributed by atoms with Gasteiger partial charge in [-0.15, -0.1) is 0 Å². The normalized spacial score (nSPS) is 14.0. The average molecular weight is 436 g/mol. The summed E-state index contributed by atoms with van der Waals surface area (Å²) < 4.78 is 24.4. The summed E-state index contributed by atoms with van der Waals surface area (Å²) in [6.45, 7) is 12.1. The number of benzene rings is 1. The van der Waals surface area contributed by atoms with Gasteiger partial charge in [0.25, 0.3) is 0 Å². The molecular formula is C22H34N3O4P. The van der Waals surface area contributed by atoms with E-state index < -0.39 is 13.3 Å². The van der Waals surface area contributed by atoms with Crippen molar-refractivity contribution in [3.05, 3.63) is 46.5 Å². The lowest BCUT2D eigenvalue weighted by molar-refractivity contribution is 0.269. The molecule has 0 saturated carbocycles. The van der Waals surface area contributed by atoms with Crippen molar-refractivity contribution in [2.24, 2.45) is 0 Å². The van der Waals surface area contributed by atoms with Gasteiger partial charge in [0, 0.05) is 19.8 Å². The third kappa shape index (κ3) is 4.64. The summed E-state index contributed by atoms with van der Waals surface area (Å²) in [6, 6.07) is 6.98. The highest BCUT2D eigenvalue weighted by molar-refractivity contribution is 7.54. The Morgan fingerprint density at radius 3 is 1.80 bits per heavy atom. The molecule has 1 aromatic carbocycles. The van der Waals surface area contributed by atoms with Crippen LogP contribution in [0.15, 0.2) is 24.3 Å². The maximum absolute atomic E-state index is 13.7. The summed E-state index contributed by atoms with van der Waals surface area (Å²) in [5.41, 5.74) is 13.0. The fourth-order valence-electron chi connectivity index (χ4n) is 3.51. The highest BCUT2D eigenvalue weighted by atomic mass is 31.2. The number of nitrogens with zero attached hydrogens (tertiary/aromatic N) is 1. The van der Waals surface area contributed by atoms with Gasteiger partial charge in [-0.25, -0.2) is 4.98 Å². The number of aromatic hydroxyl groups is 1. The third-order valence-corrected chi connectivity index (χ3v) is 7.39. The zero-order valence-corrected chi connectivity index (χ0v) is 20.0. The van der Waals surface area contributed by atoms with Crippen LogP contribution in [-0.4, -0.2) is 24.3 Å². The second-order valence-electron chi connectivity index (χ2n) is 9.48. The number of aromatic nitrogens is 1. The molecule has 0 aliphatic rings. The van der Waals surface area contributed by atoms with Crippen LogP contribution < -0.4 is 11.5 Å². The van der Waals surface area contributed by atoms with Crippen molar-refractivity contribution in [2.75, 3.05) is 25.7 Å². The molecule has 30 heavy (non-hydrogen) atoms. The molecule has 2 rings (SSSR count). The quantitative estimate of drug-likeness (QED) is 0.557. The molecule has 0 radical (unpaired) electrons. The van der Waals surface area contributed by atoms with Crippen LogP contribution in [-0.2, 0) is 24.4 Å². The first-order chi connectivity index (χ1) is 13.7. The van der Waals surface area contributed by atoms with E-state index >= 15 is 0 Å². The highest BCUT2D eigenvalue weighted by Crippen LogP contribution is 2.64. The Balaban J connectivity index is 2.96. The standard InChI is InChI=1S/C22H34N3O4P/c1-21(2,3)15-11-13(12-16(18(15)26)22(4,5)6)19(30(27,28-7)29-8)14-9-10-17(23)25-20(14)24/h9-12,19,26H,1-8H3,(H4,23,24,25). The van der Waals surface area contributed by atoms with Gasteiger partial charge in [-0.05, 0) is 33.6 Å². The van der Waals surface area contributed by atoms with Crippen LogP contribution in [0.1, 0.15) is 69.5 Å². The van der Waals surface area contributed by atoms with E-state index in [-0.39, 0.29) is 28.2 Å². The lowest BCUT2D eigenvalue weighted by Gasteiger charge is -2.31. The van der Waals surface area contributed by atoms with Crippen LogP contribution in [0, 0.1) is 0 Å². The second-order valence-corrected chi connectivity index (χ2v) is 11.8. The number of phenolic OH excluding ortho intramolecular Hbond substituents is 1.